The number of carboxylic acid groups (broad SMARTS) is 1. The fourth-order valence-electron chi connectivity index (χ4n) is 3.14. The number of esters is 1. The van der Waals surface area contributed by atoms with Crippen LogP contribution in [0.25, 0.3) is 0 Å². The quantitative estimate of drug-likeness (QED) is 0.0940. The van der Waals surface area contributed by atoms with Crippen LogP contribution in [-0.2, 0) is 14.3 Å². The molecular formula is C25H45NO4. The van der Waals surface area contributed by atoms with E-state index in [0.29, 0.717) is 13.0 Å². The lowest BCUT2D eigenvalue weighted by Gasteiger charge is -2.05. The minimum Gasteiger partial charge on any atom is -0.478 e. The molecule has 5 nitrogen and oxygen atoms in total. The summed E-state index contributed by atoms with van der Waals surface area (Å²) in [6.07, 6.45) is 23.4. The van der Waals surface area contributed by atoms with Crippen molar-refractivity contribution in [1.82, 2.24) is 5.32 Å². The van der Waals surface area contributed by atoms with Crippen LogP contribution >= 0.6 is 0 Å². The van der Waals surface area contributed by atoms with Crippen LogP contribution in [0.1, 0.15) is 103 Å². The van der Waals surface area contributed by atoms with Gasteiger partial charge in [-0.25, -0.2) is 4.79 Å². The second kappa shape index (κ2) is 23.7. The lowest BCUT2D eigenvalue weighted by atomic mass is 10.1. The van der Waals surface area contributed by atoms with Crippen molar-refractivity contribution in [1.29, 1.82) is 0 Å². The molecule has 0 heterocycles. The van der Waals surface area contributed by atoms with Crippen LogP contribution in [-0.4, -0.2) is 36.7 Å². The molecule has 0 amide bonds. The molecular weight excluding hydrogens is 378 g/mol. The predicted octanol–water partition coefficient (Wildman–Crippen LogP) is 6.19. The highest BCUT2D eigenvalue weighted by molar-refractivity contribution is 5.79. The fraction of sp³-hybridized carbons (Fsp3) is 0.760. The molecule has 0 atom stereocenters. The first-order valence-corrected chi connectivity index (χ1v) is 12.1. The molecule has 0 unspecified atom stereocenters. The van der Waals surface area contributed by atoms with E-state index < -0.39 is 5.97 Å². The van der Waals surface area contributed by atoms with Gasteiger partial charge in [0, 0.05) is 12.5 Å². The standard InChI is InChI=1S/C25H45NO4/c1-2-3-4-5-6-13-18-23-30-25(29)20-15-10-8-12-17-22-26-21-16-11-7-9-14-19-24(27)28/h13-14,18-19,26H,2-12,15-17,20-23H2,1H3,(H,27,28)/b18-13-,19-14+. The molecule has 0 aromatic heterocycles. The molecule has 0 rings (SSSR count). The Balaban J connectivity index is 3.23. The second-order valence-electron chi connectivity index (χ2n) is 7.86. The lowest BCUT2D eigenvalue weighted by molar-refractivity contribution is -0.142. The van der Waals surface area contributed by atoms with Gasteiger partial charge in [-0.05, 0) is 58.0 Å². The maximum atomic E-state index is 11.7. The number of nitrogens with one attached hydrogen (secondary N) is 1. The summed E-state index contributed by atoms with van der Waals surface area (Å²) in [5.74, 6) is -0.946. The number of carbonyl (C=O) groups is 2. The van der Waals surface area contributed by atoms with Crippen LogP contribution in [0.3, 0.4) is 0 Å². The Labute approximate surface area is 184 Å². The molecule has 0 aliphatic rings. The van der Waals surface area contributed by atoms with E-state index in [1.54, 1.807) is 6.08 Å². The van der Waals surface area contributed by atoms with Crippen molar-refractivity contribution >= 4 is 11.9 Å². The van der Waals surface area contributed by atoms with E-state index in [-0.39, 0.29) is 5.97 Å². The average molecular weight is 424 g/mol. The first-order valence-electron chi connectivity index (χ1n) is 12.1. The zero-order valence-electron chi connectivity index (χ0n) is 19.2. The fourth-order valence-corrected chi connectivity index (χ4v) is 3.14. The number of aliphatic carboxylic acids is 1. The van der Waals surface area contributed by atoms with Gasteiger partial charge in [-0.1, -0.05) is 70.1 Å². The summed E-state index contributed by atoms with van der Waals surface area (Å²) in [5.41, 5.74) is 0. The molecule has 0 radical (unpaired) electrons. The summed E-state index contributed by atoms with van der Waals surface area (Å²) >= 11 is 0. The minimum absolute atomic E-state index is 0.0780. The van der Waals surface area contributed by atoms with Crippen molar-refractivity contribution in [2.75, 3.05) is 19.7 Å². The molecule has 0 fully saturated rings. The third-order valence-electron chi connectivity index (χ3n) is 4.95. The Morgan fingerprint density at radius 1 is 0.767 bits per heavy atom. The Morgan fingerprint density at radius 2 is 1.37 bits per heavy atom. The van der Waals surface area contributed by atoms with Gasteiger partial charge >= 0.3 is 11.9 Å². The first-order chi connectivity index (χ1) is 14.7. The maximum absolute atomic E-state index is 11.7. The van der Waals surface area contributed by atoms with Crippen LogP contribution in [0.2, 0.25) is 0 Å². The Bertz CT molecular complexity index is 460. The molecule has 30 heavy (non-hydrogen) atoms. The van der Waals surface area contributed by atoms with Crippen LogP contribution in [0.15, 0.2) is 24.3 Å². The van der Waals surface area contributed by atoms with Gasteiger partial charge in [-0.3, -0.25) is 4.79 Å². The van der Waals surface area contributed by atoms with E-state index in [9.17, 15) is 9.59 Å². The van der Waals surface area contributed by atoms with E-state index in [2.05, 4.69) is 18.3 Å². The van der Waals surface area contributed by atoms with Crippen LogP contribution in [0, 0.1) is 0 Å². The summed E-state index contributed by atoms with van der Waals surface area (Å²) in [6.45, 7) is 4.70. The van der Waals surface area contributed by atoms with Crippen LogP contribution in [0.5, 0.6) is 0 Å². The molecule has 0 saturated carbocycles. The Morgan fingerprint density at radius 3 is 2.07 bits per heavy atom. The third-order valence-corrected chi connectivity index (χ3v) is 4.95. The van der Waals surface area contributed by atoms with Gasteiger partial charge in [-0.15, -0.1) is 0 Å². The number of allylic oxidation sites excluding steroid dienone is 2. The van der Waals surface area contributed by atoms with Gasteiger partial charge in [0.15, 0.2) is 0 Å². The average Bonchev–Trinajstić information content (AvgIpc) is 2.72. The van der Waals surface area contributed by atoms with Crippen molar-refractivity contribution in [3.05, 3.63) is 24.3 Å². The summed E-state index contributed by atoms with van der Waals surface area (Å²) in [5, 5.41) is 11.9. The number of hydrogen-bond donors (Lipinski definition) is 2. The highest BCUT2D eigenvalue weighted by Gasteiger charge is 2.01. The Hall–Kier alpha value is -1.62. The van der Waals surface area contributed by atoms with Gasteiger partial charge < -0.3 is 15.2 Å². The summed E-state index contributed by atoms with van der Waals surface area (Å²) in [7, 11) is 0. The first kappa shape index (κ1) is 28.4. The Kier molecular flexibility index (Phi) is 22.4. The predicted molar refractivity (Wildman–Crippen MR) is 125 cm³/mol. The molecule has 0 aliphatic carbocycles. The number of ether oxygens (including phenoxy) is 1. The molecule has 174 valence electrons. The van der Waals surface area contributed by atoms with Crippen LogP contribution in [0.4, 0.5) is 0 Å². The van der Waals surface area contributed by atoms with Gasteiger partial charge in [-0.2, -0.15) is 0 Å². The van der Waals surface area contributed by atoms with Crippen molar-refractivity contribution in [3.8, 4) is 0 Å². The van der Waals surface area contributed by atoms with Gasteiger partial charge in [0.2, 0.25) is 0 Å². The van der Waals surface area contributed by atoms with E-state index in [1.807, 2.05) is 6.08 Å². The molecule has 0 bridgehead atoms. The largest absolute Gasteiger partial charge is 0.478 e. The second-order valence-corrected chi connectivity index (χ2v) is 7.86. The highest BCUT2D eigenvalue weighted by atomic mass is 16.5. The molecule has 0 aromatic carbocycles. The summed E-state index contributed by atoms with van der Waals surface area (Å²) in [4.78, 5) is 22.0. The van der Waals surface area contributed by atoms with E-state index >= 15 is 0 Å². The zero-order valence-corrected chi connectivity index (χ0v) is 19.2. The SMILES string of the molecule is CCCCCC/C=C\COC(=O)CCCCCCCNCCCCC/C=C/C(=O)O. The minimum atomic E-state index is -0.868. The van der Waals surface area contributed by atoms with E-state index in [0.717, 1.165) is 58.0 Å². The van der Waals surface area contributed by atoms with E-state index in [1.165, 1.54) is 51.0 Å². The third kappa shape index (κ3) is 24.4. The number of rotatable bonds is 22. The van der Waals surface area contributed by atoms with Gasteiger partial charge in [0.25, 0.3) is 0 Å². The molecule has 2 N–H and O–H groups in total. The monoisotopic (exact) mass is 423 g/mol. The van der Waals surface area contributed by atoms with Gasteiger partial charge in [0.1, 0.15) is 6.61 Å². The van der Waals surface area contributed by atoms with Crippen molar-refractivity contribution < 1.29 is 19.4 Å². The summed E-state index contributed by atoms with van der Waals surface area (Å²) < 4.78 is 5.23. The summed E-state index contributed by atoms with van der Waals surface area (Å²) in [6, 6.07) is 0. The maximum Gasteiger partial charge on any atom is 0.327 e. The number of hydrogen-bond acceptors (Lipinski definition) is 4. The molecule has 5 heteroatoms. The van der Waals surface area contributed by atoms with Crippen molar-refractivity contribution in [3.63, 3.8) is 0 Å². The van der Waals surface area contributed by atoms with Crippen molar-refractivity contribution in [2.45, 2.75) is 103 Å². The normalized spacial score (nSPS) is 11.5. The molecule has 0 aliphatic heterocycles. The highest BCUT2D eigenvalue weighted by Crippen LogP contribution is 2.07. The van der Waals surface area contributed by atoms with E-state index in [4.69, 9.17) is 9.84 Å². The zero-order chi connectivity index (χ0) is 22.1. The van der Waals surface area contributed by atoms with Crippen LogP contribution < -0.4 is 5.32 Å². The smallest absolute Gasteiger partial charge is 0.327 e. The van der Waals surface area contributed by atoms with Gasteiger partial charge in [0.05, 0.1) is 0 Å². The topological polar surface area (TPSA) is 75.6 Å². The lowest BCUT2D eigenvalue weighted by Crippen LogP contribution is -2.16. The molecule has 0 saturated heterocycles. The molecule has 0 spiro atoms. The number of carboxylic acids is 1. The number of carbonyl (C=O) groups excluding carboxylic acids is 1. The molecule has 0 aromatic rings. The van der Waals surface area contributed by atoms with Crippen molar-refractivity contribution in [2.24, 2.45) is 0 Å². The number of unbranched alkanes of at least 4 members (excludes halogenated alkanes) is 11.